The van der Waals surface area contributed by atoms with Crippen molar-refractivity contribution >= 4 is 34.5 Å². The lowest BCUT2D eigenvalue weighted by Crippen LogP contribution is -2.09. The van der Waals surface area contributed by atoms with Crippen LogP contribution in [0.4, 0.5) is 18.9 Å². The molecule has 0 saturated heterocycles. The van der Waals surface area contributed by atoms with Crippen LogP contribution in [0.15, 0.2) is 60.2 Å². The number of rotatable bonds is 7. The molecule has 0 aliphatic heterocycles. The Labute approximate surface area is 190 Å². The quantitative estimate of drug-likeness (QED) is 0.361. The summed E-state index contributed by atoms with van der Waals surface area (Å²) in [7, 11) is 0. The van der Waals surface area contributed by atoms with Gasteiger partial charge in [0.25, 0.3) is 5.91 Å². The first-order valence-corrected chi connectivity index (χ1v) is 10.6. The Bertz CT molecular complexity index is 1280. The second-order valence-corrected chi connectivity index (χ2v) is 8.12. The third kappa shape index (κ3) is 5.30. The van der Waals surface area contributed by atoms with Gasteiger partial charge < -0.3 is 10.1 Å². The highest BCUT2D eigenvalue weighted by Gasteiger charge is 2.13. The molecule has 2 aromatic carbocycles. The number of ether oxygens (including phenoxy) is 1. The van der Waals surface area contributed by atoms with E-state index in [1.54, 1.807) is 28.4 Å². The average molecular weight is 478 g/mol. The highest BCUT2D eigenvalue weighted by molar-refractivity contribution is 7.12. The predicted octanol–water partition coefficient (Wildman–Crippen LogP) is 5.89. The van der Waals surface area contributed by atoms with Crippen molar-refractivity contribution < 1.29 is 22.7 Å². The van der Waals surface area contributed by atoms with Gasteiger partial charge in [-0.05, 0) is 41.3 Å². The van der Waals surface area contributed by atoms with Gasteiger partial charge in [-0.25, -0.2) is 13.2 Å². The van der Waals surface area contributed by atoms with Gasteiger partial charge in [0, 0.05) is 22.8 Å². The number of benzene rings is 2. The number of amides is 1. The Morgan fingerprint density at radius 1 is 1.12 bits per heavy atom. The molecule has 10 heteroatoms. The third-order valence-corrected chi connectivity index (χ3v) is 5.73. The summed E-state index contributed by atoms with van der Waals surface area (Å²) >= 11 is 7.24. The van der Waals surface area contributed by atoms with E-state index in [-0.39, 0.29) is 18.3 Å². The smallest absolute Gasteiger partial charge is 0.265 e. The Morgan fingerprint density at radius 2 is 1.91 bits per heavy atom. The maximum absolute atomic E-state index is 13.6. The van der Waals surface area contributed by atoms with E-state index in [0.717, 1.165) is 12.1 Å². The lowest BCUT2D eigenvalue weighted by atomic mass is 10.2. The maximum Gasteiger partial charge on any atom is 0.265 e. The molecule has 2 aromatic heterocycles. The van der Waals surface area contributed by atoms with Crippen molar-refractivity contribution in [1.82, 2.24) is 9.78 Å². The van der Waals surface area contributed by atoms with Crippen LogP contribution in [0, 0.1) is 17.5 Å². The normalized spacial score (nSPS) is 10.9. The second-order valence-electron chi connectivity index (χ2n) is 6.80. The van der Waals surface area contributed by atoms with Gasteiger partial charge in [-0.3, -0.25) is 9.48 Å². The summed E-state index contributed by atoms with van der Waals surface area (Å²) in [5.74, 6) is -2.31. The van der Waals surface area contributed by atoms with E-state index >= 15 is 0 Å². The van der Waals surface area contributed by atoms with Crippen LogP contribution in [0.2, 0.25) is 5.02 Å². The molecule has 4 aromatic rings. The molecule has 0 radical (unpaired) electrons. The highest BCUT2D eigenvalue weighted by Crippen LogP contribution is 2.22. The first-order chi connectivity index (χ1) is 15.4. The van der Waals surface area contributed by atoms with Gasteiger partial charge in [0.1, 0.15) is 18.2 Å². The lowest BCUT2D eigenvalue weighted by Gasteiger charge is -2.05. The molecule has 32 heavy (non-hydrogen) atoms. The molecule has 0 aliphatic rings. The molecule has 0 aliphatic carbocycles. The zero-order valence-corrected chi connectivity index (χ0v) is 17.9. The summed E-state index contributed by atoms with van der Waals surface area (Å²) in [5, 5.41) is 8.93. The van der Waals surface area contributed by atoms with Crippen LogP contribution in [0.5, 0.6) is 5.75 Å². The molecule has 0 atom stereocenters. The summed E-state index contributed by atoms with van der Waals surface area (Å²) in [4.78, 5) is 12.9. The molecule has 1 amide bonds. The molecule has 0 bridgehead atoms. The maximum atomic E-state index is 13.6. The molecule has 2 heterocycles. The zero-order chi connectivity index (χ0) is 22.7. The van der Waals surface area contributed by atoms with Gasteiger partial charge in [-0.2, -0.15) is 5.10 Å². The fraction of sp³-hybridized carbons (Fsp3) is 0.0909. The van der Waals surface area contributed by atoms with Crippen molar-refractivity contribution in [1.29, 1.82) is 0 Å². The number of hydrogen-bond acceptors (Lipinski definition) is 4. The summed E-state index contributed by atoms with van der Waals surface area (Å²) in [5.41, 5.74) is 1.84. The van der Waals surface area contributed by atoms with Crippen molar-refractivity contribution in [3.05, 3.63) is 98.7 Å². The first kappa shape index (κ1) is 21.9. The number of carbonyl (C=O) groups is 1. The summed E-state index contributed by atoms with van der Waals surface area (Å²) in [6, 6.07) is 8.80. The van der Waals surface area contributed by atoms with Gasteiger partial charge in [-0.15, -0.1) is 11.3 Å². The standard InChI is InChI=1S/C22H15ClF3N3O2S/c23-18-6-15(24)2-1-14(18)9-29-10-17(8-27-29)28-22(30)21-5-13(12-32-21)11-31-20-4-3-16(25)7-19(20)26/h1-8,10,12H,9,11H2,(H,28,30). The largest absolute Gasteiger partial charge is 0.486 e. The van der Waals surface area contributed by atoms with Crippen LogP contribution in [0.1, 0.15) is 20.8 Å². The fourth-order valence-electron chi connectivity index (χ4n) is 2.86. The van der Waals surface area contributed by atoms with Crippen LogP contribution >= 0.6 is 22.9 Å². The Morgan fingerprint density at radius 3 is 2.69 bits per heavy atom. The van der Waals surface area contributed by atoms with E-state index in [9.17, 15) is 18.0 Å². The van der Waals surface area contributed by atoms with Crippen LogP contribution in [0.25, 0.3) is 0 Å². The molecule has 0 unspecified atom stereocenters. The lowest BCUT2D eigenvalue weighted by molar-refractivity contribution is 0.103. The van der Waals surface area contributed by atoms with Crippen LogP contribution < -0.4 is 10.1 Å². The Hall–Kier alpha value is -3.30. The minimum absolute atomic E-state index is 0.0305. The van der Waals surface area contributed by atoms with Crippen LogP contribution in [0.3, 0.4) is 0 Å². The van der Waals surface area contributed by atoms with Crippen molar-refractivity contribution in [2.75, 3.05) is 5.32 Å². The minimum Gasteiger partial charge on any atom is -0.486 e. The number of anilines is 1. The molecule has 0 saturated carbocycles. The molecule has 164 valence electrons. The average Bonchev–Trinajstić information content (AvgIpc) is 3.39. The summed E-state index contributed by atoms with van der Waals surface area (Å²) in [6.07, 6.45) is 3.12. The zero-order valence-electron chi connectivity index (χ0n) is 16.3. The topological polar surface area (TPSA) is 56.2 Å². The van der Waals surface area contributed by atoms with E-state index in [1.807, 2.05) is 0 Å². The van der Waals surface area contributed by atoms with Crippen molar-refractivity contribution in [2.45, 2.75) is 13.2 Å². The van der Waals surface area contributed by atoms with Gasteiger partial charge >= 0.3 is 0 Å². The number of carbonyl (C=O) groups excluding carboxylic acids is 1. The molecule has 1 N–H and O–H groups in total. The van der Waals surface area contributed by atoms with E-state index < -0.39 is 17.5 Å². The van der Waals surface area contributed by atoms with E-state index in [0.29, 0.717) is 33.3 Å². The number of thiophene rings is 1. The molecular weight excluding hydrogens is 463 g/mol. The predicted molar refractivity (Wildman–Crippen MR) is 116 cm³/mol. The van der Waals surface area contributed by atoms with Crippen molar-refractivity contribution in [3.8, 4) is 5.75 Å². The van der Waals surface area contributed by atoms with Crippen molar-refractivity contribution in [2.24, 2.45) is 0 Å². The van der Waals surface area contributed by atoms with Crippen LogP contribution in [-0.2, 0) is 13.2 Å². The Balaban J connectivity index is 1.35. The SMILES string of the molecule is O=C(Nc1cnn(Cc2ccc(F)cc2Cl)c1)c1cc(COc2ccc(F)cc2F)cs1. The second kappa shape index (κ2) is 9.46. The monoisotopic (exact) mass is 477 g/mol. The van der Waals surface area contributed by atoms with Crippen molar-refractivity contribution in [3.63, 3.8) is 0 Å². The van der Waals surface area contributed by atoms with E-state index in [2.05, 4.69) is 10.4 Å². The Kier molecular flexibility index (Phi) is 6.48. The molecule has 0 spiro atoms. The van der Waals surface area contributed by atoms with Gasteiger partial charge in [0.2, 0.25) is 0 Å². The van der Waals surface area contributed by atoms with Gasteiger partial charge in [0.15, 0.2) is 11.6 Å². The molecule has 0 fully saturated rings. The number of nitrogens with one attached hydrogen (secondary N) is 1. The summed E-state index contributed by atoms with van der Waals surface area (Å²) in [6.45, 7) is 0.345. The fourth-order valence-corrected chi connectivity index (χ4v) is 3.87. The molecular formula is C22H15ClF3N3O2S. The number of aromatic nitrogens is 2. The number of nitrogens with zero attached hydrogens (tertiary/aromatic N) is 2. The number of hydrogen-bond donors (Lipinski definition) is 1. The summed E-state index contributed by atoms with van der Waals surface area (Å²) < 4.78 is 46.7. The molecule has 4 rings (SSSR count). The van der Waals surface area contributed by atoms with Gasteiger partial charge in [-0.1, -0.05) is 17.7 Å². The molecule has 5 nitrogen and oxygen atoms in total. The van der Waals surface area contributed by atoms with E-state index in [4.69, 9.17) is 16.3 Å². The van der Waals surface area contributed by atoms with E-state index in [1.165, 1.54) is 35.7 Å². The van der Waals surface area contributed by atoms with Gasteiger partial charge in [0.05, 0.1) is 23.3 Å². The number of halogens is 4. The highest BCUT2D eigenvalue weighted by atomic mass is 35.5. The minimum atomic E-state index is -0.794. The third-order valence-electron chi connectivity index (χ3n) is 4.40. The van der Waals surface area contributed by atoms with Crippen LogP contribution in [-0.4, -0.2) is 15.7 Å². The first-order valence-electron chi connectivity index (χ1n) is 9.30.